The van der Waals surface area contributed by atoms with Gasteiger partial charge in [-0.05, 0) is 12.1 Å². The lowest BCUT2D eigenvalue weighted by Gasteiger charge is -2.06. The molecule has 1 aromatic carbocycles. The van der Waals surface area contributed by atoms with Crippen LogP contribution < -0.4 is 0 Å². The minimum atomic E-state index is -1.30. The third-order valence-corrected chi connectivity index (χ3v) is 1.72. The van der Waals surface area contributed by atoms with Gasteiger partial charge in [0, 0.05) is 12.7 Å². The molecule has 0 spiro atoms. The van der Waals surface area contributed by atoms with E-state index in [0.29, 0.717) is 5.56 Å². The van der Waals surface area contributed by atoms with Gasteiger partial charge in [-0.2, -0.15) is 5.11 Å². The van der Waals surface area contributed by atoms with Gasteiger partial charge in [-0.3, -0.25) is 0 Å². The standard InChI is InChI=1S/C8H7ClFO2/c1-12-8(11)5-2-3-7(10)6(9)4-5/h2-4,8H,1H3. The Bertz CT molecular complexity index is 278. The molecule has 0 heterocycles. The lowest BCUT2D eigenvalue weighted by molar-refractivity contribution is -0.123. The molecule has 0 fully saturated rings. The molecule has 2 nitrogen and oxygen atoms in total. The summed E-state index contributed by atoms with van der Waals surface area (Å²) in [6, 6.07) is 3.75. The molecule has 0 saturated heterocycles. The van der Waals surface area contributed by atoms with Gasteiger partial charge in [0.05, 0.1) is 5.02 Å². The molecule has 0 aromatic heterocycles. The molecule has 1 aromatic rings. The summed E-state index contributed by atoms with van der Waals surface area (Å²) in [5, 5.41) is 10.9. The molecule has 1 atom stereocenters. The first kappa shape index (κ1) is 9.45. The monoisotopic (exact) mass is 189 g/mol. The van der Waals surface area contributed by atoms with Gasteiger partial charge >= 0.3 is 0 Å². The number of halogens is 2. The zero-order valence-electron chi connectivity index (χ0n) is 6.38. The van der Waals surface area contributed by atoms with Crippen LogP contribution in [0, 0.1) is 5.82 Å². The zero-order valence-corrected chi connectivity index (χ0v) is 7.14. The SMILES string of the molecule is COC([O])c1ccc(F)c(Cl)c1. The summed E-state index contributed by atoms with van der Waals surface area (Å²) in [4.78, 5) is 0. The molecule has 0 aliphatic heterocycles. The first-order valence-electron chi connectivity index (χ1n) is 3.28. The van der Waals surface area contributed by atoms with Crippen LogP contribution in [0.25, 0.3) is 0 Å². The lowest BCUT2D eigenvalue weighted by atomic mass is 10.2. The fraction of sp³-hybridized carbons (Fsp3) is 0.250. The van der Waals surface area contributed by atoms with Crippen molar-refractivity contribution in [3.63, 3.8) is 0 Å². The van der Waals surface area contributed by atoms with Crippen LogP contribution >= 0.6 is 11.6 Å². The third kappa shape index (κ3) is 1.94. The van der Waals surface area contributed by atoms with Crippen molar-refractivity contribution in [2.75, 3.05) is 7.11 Å². The average Bonchev–Trinajstić information content (AvgIpc) is 2.08. The molecule has 65 valence electrons. The van der Waals surface area contributed by atoms with Crippen molar-refractivity contribution in [3.8, 4) is 0 Å². The maximum absolute atomic E-state index is 12.6. The van der Waals surface area contributed by atoms with Crippen molar-refractivity contribution in [3.05, 3.63) is 34.6 Å². The largest absolute Gasteiger partial charge is 0.349 e. The number of rotatable bonds is 2. The normalized spacial score (nSPS) is 13.0. The second kappa shape index (κ2) is 3.85. The average molecular weight is 190 g/mol. The van der Waals surface area contributed by atoms with Crippen LogP contribution in [0.15, 0.2) is 18.2 Å². The van der Waals surface area contributed by atoms with E-state index in [1.807, 2.05) is 0 Å². The molecule has 4 heteroatoms. The molecule has 1 unspecified atom stereocenters. The molecule has 0 saturated carbocycles. The molecule has 1 radical (unpaired) electrons. The number of hydrogen-bond donors (Lipinski definition) is 0. The fourth-order valence-corrected chi connectivity index (χ4v) is 0.984. The lowest BCUT2D eigenvalue weighted by Crippen LogP contribution is -1.97. The second-order valence-electron chi connectivity index (χ2n) is 2.24. The van der Waals surface area contributed by atoms with Crippen molar-refractivity contribution in [2.24, 2.45) is 0 Å². The van der Waals surface area contributed by atoms with E-state index >= 15 is 0 Å². The predicted octanol–water partition coefficient (Wildman–Crippen LogP) is 2.55. The summed E-state index contributed by atoms with van der Waals surface area (Å²) in [5.74, 6) is -0.538. The minimum Gasteiger partial charge on any atom is -0.349 e. The van der Waals surface area contributed by atoms with E-state index in [4.69, 9.17) is 11.6 Å². The topological polar surface area (TPSA) is 29.1 Å². The van der Waals surface area contributed by atoms with Crippen molar-refractivity contribution >= 4 is 11.6 Å². The molecule has 0 aliphatic carbocycles. The highest BCUT2D eigenvalue weighted by Crippen LogP contribution is 2.21. The Morgan fingerprint density at radius 3 is 2.75 bits per heavy atom. The van der Waals surface area contributed by atoms with Gasteiger partial charge in [0.1, 0.15) is 5.82 Å². The van der Waals surface area contributed by atoms with Crippen molar-refractivity contribution in [2.45, 2.75) is 6.29 Å². The number of hydrogen-bond acceptors (Lipinski definition) is 1. The van der Waals surface area contributed by atoms with Crippen LogP contribution in [-0.2, 0) is 9.84 Å². The van der Waals surface area contributed by atoms with Gasteiger partial charge in [0.2, 0.25) is 6.29 Å². The Morgan fingerprint density at radius 2 is 2.25 bits per heavy atom. The van der Waals surface area contributed by atoms with Crippen molar-refractivity contribution < 1.29 is 14.2 Å². The van der Waals surface area contributed by atoms with E-state index in [9.17, 15) is 9.50 Å². The van der Waals surface area contributed by atoms with E-state index in [1.54, 1.807) is 0 Å². The van der Waals surface area contributed by atoms with Gasteiger partial charge in [0.15, 0.2) is 0 Å². The molecule has 0 bridgehead atoms. The first-order chi connectivity index (χ1) is 5.65. The third-order valence-electron chi connectivity index (χ3n) is 1.43. The van der Waals surface area contributed by atoms with E-state index in [0.717, 1.165) is 6.07 Å². The van der Waals surface area contributed by atoms with Crippen molar-refractivity contribution in [1.29, 1.82) is 0 Å². The second-order valence-corrected chi connectivity index (χ2v) is 2.65. The summed E-state index contributed by atoms with van der Waals surface area (Å²) in [6.45, 7) is 0. The van der Waals surface area contributed by atoms with E-state index in [2.05, 4.69) is 4.74 Å². The fourth-order valence-electron chi connectivity index (χ4n) is 0.795. The van der Waals surface area contributed by atoms with Crippen LogP contribution in [-0.4, -0.2) is 7.11 Å². The summed E-state index contributed by atoms with van der Waals surface area (Å²) >= 11 is 5.45. The minimum absolute atomic E-state index is 0.0644. The number of benzene rings is 1. The van der Waals surface area contributed by atoms with Crippen LogP contribution in [0.3, 0.4) is 0 Å². The Morgan fingerprint density at radius 1 is 1.58 bits per heavy atom. The predicted molar refractivity (Wildman–Crippen MR) is 41.8 cm³/mol. The Labute approximate surface area is 74.5 Å². The van der Waals surface area contributed by atoms with Gasteiger partial charge in [-0.25, -0.2) is 4.39 Å². The van der Waals surface area contributed by atoms with E-state index < -0.39 is 12.1 Å². The highest BCUT2D eigenvalue weighted by molar-refractivity contribution is 6.30. The molecule has 0 N–H and O–H groups in total. The molecular weight excluding hydrogens is 183 g/mol. The summed E-state index contributed by atoms with van der Waals surface area (Å²) in [6.07, 6.45) is -1.30. The molecule has 12 heavy (non-hydrogen) atoms. The Balaban J connectivity index is 2.96. The zero-order chi connectivity index (χ0) is 9.14. The molecular formula is C8H7ClFO2. The molecule has 1 rings (SSSR count). The maximum Gasteiger partial charge on any atom is 0.217 e. The smallest absolute Gasteiger partial charge is 0.217 e. The van der Waals surface area contributed by atoms with Crippen molar-refractivity contribution in [1.82, 2.24) is 0 Å². The van der Waals surface area contributed by atoms with Gasteiger partial charge < -0.3 is 4.74 Å². The highest BCUT2D eigenvalue weighted by atomic mass is 35.5. The first-order valence-corrected chi connectivity index (χ1v) is 3.66. The summed E-state index contributed by atoms with van der Waals surface area (Å²) < 4.78 is 17.1. The molecule has 0 aliphatic rings. The van der Waals surface area contributed by atoms with Gasteiger partial charge in [0.25, 0.3) is 0 Å². The van der Waals surface area contributed by atoms with E-state index in [-0.39, 0.29) is 5.02 Å². The van der Waals surface area contributed by atoms with Gasteiger partial charge in [-0.1, -0.05) is 17.7 Å². The van der Waals surface area contributed by atoms with Gasteiger partial charge in [-0.15, -0.1) is 0 Å². The maximum atomic E-state index is 12.6. The summed E-state index contributed by atoms with van der Waals surface area (Å²) in [7, 11) is 1.29. The summed E-state index contributed by atoms with van der Waals surface area (Å²) in [5.41, 5.74) is 0.323. The van der Waals surface area contributed by atoms with Crippen LogP contribution in [0.4, 0.5) is 4.39 Å². The number of methoxy groups -OCH3 is 1. The highest BCUT2D eigenvalue weighted by Gasteiger charge is 2.09. The Kier molecular flexibility index (Phi) is 3.03. The van der Waals surface area contributed by atoms with Crippen LogP contribution in [0.2, 0.25) is 5.02 Å². The van der Waals surface area contributed by atoms with E-state index in [1.165, 1.54) is 19.2 Å². The van der Waals surface area contributed by atoms with Crippen LogP contribution in [0.1, 0.15) is 11.9 Å². The molecule has 0 amide bonds. The quantitative estimate of drug-likeness (QED) is 0.658. The number of ether oxygens (including phenoxy) is 1. The Hall–Kier alpha value is -0.640. The van der Waals surface area contributed by atoms with Crippen LogP contribution in [0.5, 0.6) is 0 Å².